The molecule has 4 heteroatoms. The molecule has 0 radical (unpaired) electrons. The first-order valence-corrected chi connectivity index (χ1v) is 18.5. The third kappa shape index (κ3) is 6.28. The maximum atomic E-state index is 7.23. The van der Waals surface area contributed by atoms with Gasteiger partial charge in [0, 0.05) is 47.1 Å². The van der Waals surface area contributed by atoms with Gasteiger partial charge in [0.15, 0.2) is 12.4 Å². The van der Waals surface area contributed by atoms with E-state index < -0.39 is 0 Å². The summed E-state index contributed by atoms with van der Waals surface area (Å²) in [5.41, 5.74) is 13.3. The molecule has 2 aliphatic heterocycles. The maximum absolute atomic E-state index is 7.23. The Kier molecular flexibility index (Phi) is 9.48. The predicted molar refractivity (Wildman–Crippen MR) is 206 cm³/mol. The Morgan fingerprint density at radius 2 is 1.59 bits per heavy atom. The highest BCUT2D eigenvalue weighted by Crippen LogP contribution is 2.49. The number of fused-ring (bicyclic) bond motifs is 2. The van der Waals surface area contributed by atoms with Crippen LogP contribution in [0.2, 0.25) is 0 Å². The van der Waals surface area contributed by atoms with Crippen LogP contribution in [0.25, 0.3) is 0 Å². The molecule has 0 spiro atoms. The number of hydrogen-bond acceptors (Lipinski definition) is 3. The Labute approximate surface area is 296 Å². The van der Waals surface area contributed by atoms with Crippen molar-refractivity contribution in [1.82, 2.24) is 0 Å². The van der Waals surface area contributed by atoms with E-state index in [1.165, 1.54) is 56.0 Å². The second-order valence-corrected chi connectivity index (χ2v) is 15.9. The lowest BCUT2D eigenvalue weighted by atomic mass is 9.79. The summed E-state index contributed by atoms with van der Waals surface area (Å²) in [6.45, 7) is 24.9. The Morgan fingerprint density at radius 3 is 2.24 bits per heavy atom. The maximum Gasteiger partial charge on any atom is 0.175 e. The molecular formula is C45H58N3O+. The zero-order valence-corrected chi connectivity index (χ0v) is 31.9. The molecule has 3 aromatic rings. The van der Waals surface area contributed by atoms with E-state index in [0.717, 1.165) is 31.7 Å². The molecule has 1 aromatic heterocycles. The molecule has 2 atom stereocenters. The molecule has 3 aliphatic rings. The summed E-state index contributed by atoms with van der Waals surface area (Å²) in [4.78, 5) is 5.07. The van der Waals surface area contributed by atoms with E-state index in [1.807, 2.05) is 0 Å². The fourth-order valence-corrected chi connectivity index (χ4v) is 8.51. The lowest BCUT2D eigenvalue weighted by molar-refractivity contribution is -0.672. The van der Waals surface area contributed by atoms with E-state index in [4.69, 9.17) is 4.74 Å². The van der Waals surface area contributed by atoms with E-state index in [1.54, 1.807) is 0 Å². The van der Waals surface area contributed by atoms with Crippen molar-refractivity contribution in [2.45, 2.75) is 105 Å². The van der Waals surface area contributed by atoms with Crippen molar-refractivity contribution in [1.29, 1.82) is 0 Å². The number of rotatable bonds is 9. The van der Waals surface area contributed by atoms with E-state index >= 15 is 0 Å². The highest BCUT2D eigenvalue weighted by atomic mass is 16.5. The van der Waals surface area contributed by atoms with Crippen LogP contribution in [0.3, 0.4) is 0 Å². The number of allylic oxidation sites excluding steroid dienone is 6. The molecule has 3 heterocycles. The molecule has 2 aromatic carbocycles. The fourth-order valence-electron chi connectivity index (χ4n) is 8.51. The number of aromatic nitrogens is 1. The van der Waals surface area contributed by atoms with Crippen LogP contribution in [0.5, 0.6) is 0 Å². The number of ether oxygens (including phenoxy) is 1. The van der Waals surface area contributed by atoms with Gasteiger partial charge < -0.3 is 14.5 Å². The number of aryl methyl sites for hydroxylation is 3. The third-order valence-electron chi connectivity index (χ3n) is 11.2. The highest BCUT2D eigenvalue weighted by molar-refractivity contribution is 5.71. The van der Waals surface area contributed by atoms with Gasteiger partial charge in [0.1, 0.15) is 18.9 Å². The van der Waals surface area contributed by atoms with Crippen molar-refractivity contribution in [2.75, 3.05) is 22.9 Å². The molecular weight excluding hydrogens is 599 g/mol. The first kappa shape index (κ1) is 34.8. The molecule has 4 nitrogen and oxygen atoms in total. The summed E-state index contributed by atoms with van der Waals surface area (Å²) in [5, 5.41) is 0. The Balaban J connectivity index is 1.43. The first-order chi connectivity index (χ1) is 23.3. The minimum atomic E-state index is -0.0786. The Bertz CT molecular complexity index is 1850. The zero-order chi connectivity index (χ0) is 35.2. The first-order valence-electron chi connectivity index (χ1n) is 18.5. The van der Waals surface area contributed by atoms with Crippen molar-refractivity contribution >= 4 is 11.4 Å². The predicted octanol–water partition coefficient (Wildman–Crippen LogP) is 10.3. The summed E-state index contributed by atoms with van der Waals surface area (Å²) in [6, 6.07) is 18.5. The Hall–Kier alpha value is -4.05. The molecule has 0 bridgehead atoms. The summed E-state index contributed by atoms with van der Waals surface area (Å²) in [5.74, 6) is 1.36. The number of nitrogens with zero attached hydrogens (tertiary/aromatic N) is 3. The molecule has 0 amide bonds. The van der Waals surface area contributed by atoms with Gasteiger partial charge in [-0.1, -0.05) is 95.2 Å². The number of pyridine rings is 1. The normalized spacial score (nSPS) is 21.8. The van der Waals surface area contributed by atoms with Gasteiger partial charge in [-0.15, -0.1) is 0 Å². The van der Waals surface area contributed by atoms with Gasteiger partial charge in [-0.3, -0.25) is 0 Å². The number of benzene rings is 2. The molecule has 0 fully saturated rings. The topological polar surface area (TPSA) is 19.6 Å². The van der Waals surface area contributed by atoms with Gasteiger partial charge in [-0.2, -0.15) is 0 Å². The minimum absolute atomic E-state index is 0.00141. The van der Waals surface area contributed by atoms with E-state index in [9.17, 15) is 0 Å². The Morgan fingerprint density at radius 1 is 0.898 bits per heavy atom. The van der Waals surface area contributed by atoms with E-state index in [-0.39, 0.29) is 23.0 Å². The van der Waals surface area contributed by atoms with E-state index in [2.05, 4.69) is 176 Å². The van der Waals surface area contributed by atoms with Gasteiger partial charge in [0.25, 0.3) is 0 Å². The molecule has 0 saturated heterocycles. The van der Waals surface area contributed by atoms with Crippen LogP contribution in [-0.2, 0) is 22.6 Å². The third-order valence-corrected chi connectivity index (χ3v) is 11.2. The minimum Gasteiger partial charge on any atom is -0.485 e. The summed E-state index contributed by atoms with van der Waals surface area (Å²) in [7, 11) is 2.09. The van der Waals surface area contributed by atoms with Crippen LogP contribution in [0, 0.1) is 19.8 Å². The monoisotopic (exact) mass is 656 g/mol. The standard InChI is InChI=1S/C45H58N3O/c1-12-47-38-22-16-31(5)27-36(38)44(7,8)40(47)24-20-33-18-19-34(43(33)49-42(30(3)4)35-15-14-26-46(11)29-35)21-25-41-45(9,10)37-28-32(6)17-23-39(37)48(41)13-2/h14-17,20-30,40,42H,12-13,18-19H2,1-11H3/q+1/b24-20+,34-21+,41-25+. The van der Waals surface area contributed by atoms with E-state index in [0.29, 0.717) is 5.92 Å². The van der Waals surface area contributed by atoms with Crippen LogP contribution >= 0.6 is 0 Å². The molecule has 0 saturated carbocycles. The summed E-state index contributed by atoms with van der Waals surface area (Å²) >= 11 is 0. The largest absolute Gasteiger partial charge is 0.485 e. The summed E-state index contributed by atoms with van der Waals surface area (Å²) in [6.07, 6.45) is 15.8. The van der Waals surface area contributed by atoms with Crippen molar-refractivity contribution in [3.8, 4) is 0 Å². The van der Waals surface area contributed by atoms with Crippen LogP contribution < -0.4 is 14.4 Å². The van der Waals surface area contributed by atoms with Gasteiger partial charge in [-0.25, -0.2) is 4.57 Å². The number of likely N-dealkylation sites (N-methyl/N-ethyl adjacent to an activating group) is 2. The van der Waals surface area contributed by atoms with Crippen LogP contribution in [-0.4, -0.2) is 19.1 Å². The van der Waals surface area contributed by atoms with Gasteiger partial charge in [0.2, 0.25) is 0 Å². The van der Waals surface area contributed by atoms with Gasteiger partial charge in [-0.05, 0) is 93.0 Å². The smallest absolute Gasteiger partial charge is 0.175 e. The summed E-state index contributed by atoms with van der Waals surface area (Å²) < 4.78 is 9.35. The van der Waals surface area contributed by atoms with Crippen LogP contribution in [0.4, 0.5) is 11.4 Å². The number of anilines is 2. The van der Waals surface area contributed by atoms with Crippen molar-refractivity contribution in [3.05, 3.63) is 136 Å². The quantitative estimate of drug-likeness (QED) is 0.214. The van der Waals surface area contributed by atoms with Gasteiger partial charge >= 0.3 is 0 Å². The van der Waals surface area contributed by atoms with Crippen molar-refractivity contribution in [2.24, 2.45) is 13.0 Å². The second kappa shape index (κ2) is 13.3. The average molecular weight is 657 g/mol. The van der Waals surface area contributed by atoms with Gasteiger partial charge in [0.05, 0.1) is 11.6 Å². The SMILES string of the molecule is CCN1/C(=C/C=C2\CCC(/C=C/C3N(CC)c4ccc(C)cc4C3(C)C)=C2OC(c2ccc[n+](C)c2)C(C)C)C(C)(C)c2cc(C)ccc21. The lowest BCUT2D eigenvalue weighted by Crippen LogP contribution is -2.39. The van der Waals surface area contributed by atoms with Crippen molar-refractivity contribution < 1.29 is 9.30 Å². The number of hydrogen-bond donors (Lipinski definition) is 0. The average Bonchev–Trinajstić information content (AvgIpc) is 3.61. The molecule has 258 valence electrons. The van der Waals surface area contributed by atoms with Crippen LogP contribution in [0.1, 0.15) is 102 Å². The molecule has 6 rings (SSSR count). The fraction of sp³-hybridized carbons (Fsp3) is 0.444. The van der Waals surface area contributed by atoms with Crippen LogP contribution in [0.15, 0.2) is 108 Å². The second-order valence-electron chi connectivity index (χ2n) is 15.9. The molecule has 49 heavy (non-hydrogen) atoms. The molecule has 1 aliphatic carbocycles. The lowest BCUT2D eigenvalue weighted by Gasteiger charge is -2.31. The molecule has 0 N–H and O–H groups in total. The zero-order valence-electron chi connectivity index (χ0n) is 31.9. The highest BCUT2D eigenvalue weighted by Gasteiger charge is 2.43. The van der Waals surface area contributed by atoms with Crippen molar-refractivity contribution in [3.63, 3.8) is 0 Å². The molecule has 2 unspecified atom stereocenters.